The molecule has 130 valence electrons. The van der Waals surface area contributed by atoms with Crippen molar-refractivity contribution in [3.8, 4) is 5.75 Å². The van der Waals surface area contributed by atoms with Crippen molar-refractivity contribution in [3.63, 3.8) is 0 Å². The monoisotopic (exact) mass is 337 g/mol. The van der Waals surface area contributed by atoms with E-state index >= 15 is 0 Å². The van der Waals surface area contributed by atoms with Gasteiger partial charge in [-0.3, -0.25) is 4.79 Å². The van der Waals surface area contributed by atoms with Crippen LogP contribution < -0.4 is 10.1 Å². The highest BCUT2D eigenvalue weighted by Crippen LogP contribution is 2.21. The highest BCUT2D eigenvalue weighted by Gasteiger charge is 2.18. The average Bonchev–Trinajstić information content (AvgIpc) is 3.04. The van der Waals surface area contributed by atoms with Gasteiger partial charge in [0.2, 0.25) is 0 Å². The van der Waals surface area contributed by atoms with Crippen LogP contribution in [0.5, 0.6) is 5.75 Å². The highest BCUT2D eigenvalue weighted by molar-refractivity contribution is 6.00. The van der Waals surface area contributed by atoms with E-state index in [0.29, 0.717) is 11.2 Å². The van der Waals surface area contributed by atoms with Crippen LogP contribution in [0.2, 0.25) is 0 Å². The Hall–Kier alpha value is -2.82. The molecule has 1 unspecified atom stereocenters. The Bertz CT molecular complexity index is 897. The maximum absolute atomic E-state index is 12.8. The fourth-order valence-electron chi connectivity index (χ4n) is 3.06. The lowest BCUT2D eigenvalue weighted by Crippen LogP contribution is -2.28. The van der Waals surface area contributed by atoms with Gasteiger partial charge in [-0.25, -0.2) is 4.98 Å². The van der Waals surface area contributed by atoms with Crippen LogP contribution in [-0.2, 0) is 0 Å². The zero-order valence-electron chi connectivity index (χ0n) is 15.0. The molecule has 0 spiro atoms. The molecule has 1 amide bonds. The first-order chi connectivity index (χ1) is 12.0. The molecule has 0 aliphatic rings. The Balaban J connectivity index is 1.87. The van der Waals surface area contributed by atoms with Gasteiger partial charge in [0.25, 0.3) is 5.91 Å². The van der Waals surface area contributed by atoms with Crippen molar-refractivity contribution in [2.75, 3.05) is 7.11 Å². The number of ether oxygens (including phenoxy) is 1. The molecule has 2 aromatic heterocycles. The lowest BCUT2D eigenvalue weighted by Gasteiger charge is -2.17. The molecule has 2 heterocycles. The fraction of sp³-hybridized carbons (Fsp3) is 0.300. The van der Waals surface area contributed by atoms with E-state index in [-0.39, 0.29) is 11.9 Å². The number of carbonyl (C=O) groups excluding carboxylic acids is 1. The predicted molar refractivity (Wildman–Crippen MR) is 98.2 cm³/mol. The van der Waals surface area contributed by atoms with Gasteiger partial charge in [-0.15, -0.1) is 0 Å². The second kappa shape index (κ2) is 6.97. The summed E-state index contributed by atoms with van der Waals surface area (Å²) in [7, 11) is 1.64. The summed E-state index contributed by atoms with van der Waals surface area (Å²) in [5.74, 6) is 0.696. The molecule has 5 heteroatoms. The molecule has 0 bridgehead atoms. The van der Waals surface area contributed by atoms with Crippen LogP contribution >= 0.6 is 0 Å². The van der Waals surface area contributed by atoms with Gasteiger partial charge in [0.05, 0.1) is 18.7 Å². The van der Waals surface area contributed by atoms with E-state index in [1.807, 2.05) is 60.8 Å². The maximum Gasteiger partial charge on any atom is 0.255 e. The van der Waals surface area contributed by atoms with E-state index in [4.69, 9.17) is 4.74 Å². The minimum Gasteiger partial charge on any atom is -0.497 e. The Kier molecular flexibility index (Phi) is 4.74. The first-order valence-corrected chi connectivity index (χ1v) is 8.43. The largest absolute Gasteiger partial charge is 0.497 e. The molecule has 1 aromatic carbocycles. The van der Waals surface area contributed by atoms with E-state index in [9.17, 15) is 4.79 Å². The zero-order chi connectivity index (χ0) is 18.0. The molecular formula is C20H23N3O2. The van der Waals surface area contributed by atoms with E-state index in [1.54, 1.807) is 7.11 Å². The van der Waals surface area contributed by atoms with Crippen molar-refractivity contribution in [2.24, 2.45) is 0 Å². The van der Waals surface area contributed by atoms with E-state index in [2.05, 4.69) is 17.2 Å². The summed E-state index contributed by atoms with van der Waals surface area (Å²) in [6.45, 7) is 6.00. The molecule has 3 rings (SSSR count). The minimum absolute atomic E-state index is 0.0562. The summed E-state index contributed by atoms with van der Waals surface area (Å²) in [6.07, 6.45) is 2.69. The summed E-state index contributed by atoms with van der Waals surface area (Å²) in [4.78, 5) is 17.4. The van der Waals surface area contributed by atoms with Crippen molar-refractivity contribution in [2.45, 2.75) is 33.2 Å². The standard InChI is InChI=1S/C20H23N3O2/c1-5-18(15-6-8-16(25-4)9-7-15)22-20(24)17-10-11-23-14(3)12-13(2)21-19(17)23/h6-12,18H,5H2,1-4H3,(H,22,24). The number of benzene rings is 1. The van der Waals surface area contributed by atoms with Gasteiger partial charge in [0.1, 0.15) is 11.4 Å². The van der Waals surface area contributed by atoms with Crippen molar-refractivity contribution in [1.82, 2.24) is 14.7 Å². The molecule has 0 saturated heterocycles. The molecule has 3 aromatic rings. The number of rotatable bonds is 5. The molecule has 25 heavy (non-hydrogen) atoms. The fourth-order valence-corrected chi connectivity index (χ4v) is 3.06. The Morgan fingerprint density at radius 2 is 1.96 bits per heavy atom. The van der Waals surface area contributed by atoms with Crippen LogP contribution in [0, 0.1) is 13.8 Å². The van der Waals surface area contributed by atoms with Crippen LogP contribution in [0.25, 0.3) is 5.65 Å². The summed E-state index contributed by atoms with van der Waals surface area (Å²) in [5.41, 5.74) is 4.31. The zero-order valence-corrected chi connectivity index (χ0v) is 15.0. The van der Waals surface area contributed by atoms with Crippen LogP contribution in [-0.4, -0.2) is 22.4 Å². The van der Waals surface area contributed by atoms with Gasteiger partial charge < -0.3 is 14.5 Å². The summed E-state index contributed by atoms with van der Waals surface area (Å²) in [6, 6.07) is 11.6. The molecule has 0 saturated carbocycles. The predicted octanol–water partition coefficient (Wildman–Crippen LogP) is 3.84. The normalized spacial score (nSPS) is 12.2. The first-order valence-electron chi connectivity index (χ1n) is 8.43. The van der Waals surface area contributed by atoms with Crippen LogP contribution in [0.4, 0.5) is 0 Å². The van der Waals surface area contributed by atoms with Crippen molar-refractivity contribution in [3.05, 3.63) is 65.1 Å². The van der Waals surface area contributed by atoms with Gasteiger partial charge in [-0.05, 0) is 50.1 Å². The summed E-state index contributed by atoms with van der Waals surface area (Å²) < 4.78 is 7.14. The van der Waals surface area contributed by atoms with Crippen molar-refractivity contribution < 1.29 is 9.53 Å². The minimum atomic E-state index is -0.109. The number of aromatic nitrogens is 2. The number of hydrogen-bond donors (Lipinski definition) is 1. The van der Waals surface area contributed by atoms with Crippen LogP contribution in [0.3, 0.4) is 0 Å². The molecular weight excluding hydrogens is 314 g/mol. The lowest BCUT2D eigenvalue weighted by molar-refractivity contribution is 0.0937. The molecule has 1 N–H and O–H groups in total. The Labute approximate surface area is 147 Å². The first kappa shape index (κ1) is 17.0. The molecule has 0 fully saturated rings. The number of nitrogens with one attached hydrogen (secondary N) is 1. The third-order valence-corrected chi connectivity index (χ3v) is 4.42. The van der Waals surface area contributed by atoms with Gasteiger partial charge >= 0.3 is 0 Å². The number of carbonyl (C=O) groups is 1. The van der Waals surface area contributed by atoms with E-state index in [1.165, 1.54) is 0 Å². The molecule has 0 aliphatic carbocycles. The number of hydrogen-bond acceptors (Lipinski definition) is 3. The van der Waals surface area contributed by atoms with Gasteiger partial charge in [0, 0.05) is 17.6 Å². The number of aryl methyl sites for hydroxylation is 2. The van der Waals surface area contributed by atoms with Gasteiger partial charge in [-0.2, -0.15) is 0 Å². The summed E-state index contributed by atoms with van der Waals surface area (Å²) in [5, 5.41) is 3.12. The number of fused-ring (bicyclic) bond motifs is 1. The van der Waals surface area contributed by atoms with Gasteiger partial charge in [-0.1, -0.05) is 19.1 Å². The second-order valence-corrected chi connectivity index (χ2v) is 6.17. The van der Waals surface area contributed by atoms with Crippen molar-refractivity contribution >= 4 is 11.6 Å². The quantitative estimate of drug-likeness (QED) is 0.769. The Morgan fingerprint density at radius 1 is 1.24 bits per heavy atom. The number of methoxy groups -OCH3 is 1. The van der Waals surface area contributed by atoms with E-state index in [0.717, 1.165) is 29.1 Å². The topological polar surface area (TPSA) is 55.6 Å². The number of nitrogens with zero attached hydrogens (tertiary/aromatic N) is 2. The second-order valence-electron chi connectivity index (χ2n) is 6.17. The van der Waals surface area contributed by atoms with Crippen LogP contribution in [0.15, 0.2) is 42.6 Å². The average molecular weight is 337 g/mol. The maximum atomic E-state index is 12.8. The molecule has 0 radical (unpaired) electrons. The molecule has 5 nitrogen and oxygen atoms in total. The number of amides is 1. The third-order valence-electron chi connectivity index (χ3n) is 4.42. The molecule has 1 atom stereocenters. The lowest BCUT2D eigenvalue weighted by atomic mass is 10.0. The highest BCUT2D eigenvalue weighted by atomic mass is 16.5. The van der Waals surface area contributed by atoms with Crippen LogP contribution in [0.1, 0.15) is 46.7 Å². The smallest absolute Gasteiger partial charge is 0.255 e. The SMILES string of the molecule is CCC(NC(=O)c1ccn2c(C)cc(C)nc12)c1ccc(OC)cc1. The van der Waals surface area contributed by atoms with E-state index < -0.39 is 0 Å². The Morgan fingerprint density at radius 3 is 2.60 bits per heavy atom. The molecule has 0 aliphatic heterocycles. The summed E-state index contributed by atoms with van der Waals surface area (Å²) >= 11 is 0. The van der Waals surface area contributed by atoms with Crippen molar-refractivity contribution in [1.29, 1.82) is 0 Å². The third kappa shape index (κ3) is 3.36. The van der Waals surface area contributed by atoms with Gasteiger partial charge in [0.15, 0.2) is 0 Å².